The fourth-order valence-electron chi connectivity index (χ4n) is 4.07. The van der Waals surface area contributed by atoms with Gasteiger partial charge in [-0.15, -0.1) is 0 Å². The Morgan fingerprint density at radius 1 is 0.865 bits per heavy atom. The Morgan fingerprint density at radius 3 is 2.19 bits per heavy atom. The zero-order valence-electron chi connectivity index (χ0n) is 20.9. The van der Waals surface area contributed by atoms with Crippen LogP contribution in [0.25, 0.3) is 0 Å². The fourth-order valence-corrected chi connectivity index (χ4v) is 4.07. The van der Waals surface area contributed by atoms with Crippen molar-refractivity contribution >= 4 is 17.5 Å². The van der Waals surface area contributed by atoms with Crippen molar-refractivity contribution in [2.24, 2.45) is 0 Å². The van der Waals surface area contributed by atoms with Crippen molar-refractivity contribution in [3.63, 3.8) is 0 Å². The van der Waals surface area contributed by atoms with E-state index in [4.69, 9.17) is 4.74 Å². The van der Waals surface area contributed by atoms with Gasteiger partial charge in [-0.1, -0.05) is 60.7 Å². The van der Waals surface area contributed by atoms with Crippen LogP contribution in [0.3, 0.4) is 0 Å². The van der Waals surface area contributed by atoms with E-state index >= 15 is 0 Å². The van der Waals surface area contributed by atoms with Gasteiger partial charge in [-0.05, 0) is 66.1 Å². The second-order valence-corrected chi connectivity index (χ2v) is 8.79. The van der Waals surface area contributed by atoms with Crippen molar-refractivity contribution in [2.45, 2.75) is 25.9 Å². The van der Waals surface area contributed by atoms with E-state index in [9.17, 15) is 14.0 Å². The summed E-state index contributed by atoms with van der Waals surface area (Å²) in [4.78, 5) is 27.6. The summed E-state index contributed by atoms with van der Waals surface area (Å²) >= 11 is 0. The van der Waals surface area contributed by atoms with E-state index in [0.717, 1.165) is 22.4 Å². The van der Waals surface area contributed by atoms with Crippen LogP contribution in [0.15, 0.2) is 103 Å². The number of benzene rings is 4. The van der Waals surface area contributed by atoms with Crippen molar-refractivity contribution in [1.29, 1.82) is 0 Å². The Labute approximate surface area is 216 Å². The number of nitrogens with one attached hydrogen (secondary N) is 1. The average molecular weight is 497 g/mol. The van der Waals surface area contributed by atoms with Crippen LogP contribution in [0.2, 0.25) is 0 Å². The van der Waals surface area contributed by atoms with Crippen LogP contribution in [-0.2, 0) is 17.8 Å². The SMILES string of the molecule is COc1ccc(CN(C(=O)c2cccc(F)c2)c2ccc(CC(=O)NC(C)c3ccccc3)cc2)cc1. The summed E-state index contributed by atoms with van der Waals surface area (Å²) in [5.74, 6) is -0.162. The Morgan fingerprint density at radius 2 is 1.54 bits per heavy atom. The molecular weight excluding hydrogens is 467 g/mol. The summed E-state index contributed by atoms with van der Waals surface area (Å²) in [5.41, 5.74) is 3.66. The smallest absolute Gasteiger partial charge is 0.258 e. The lowest BCUT2D eigenvalue weighted by molar-refractivity contribution is -0.121. The first-order chi connectivity index (χ1) is 17.9. The van der Waals surface area contributed by atoms with E-state index in [1.165, 1.54) is 18.2 Å². The number of halogens is 1. The van der Waals surface area contributed by atoms with Gasteiger partial charge in [0.25, 0.3) is 5.91 Å². The highest BCUT2D eigenvalue weighted by Crippen LogP contribution is 2.23. The predicted octanol–water partition coefficient (Wildman–Crippen LogP) is 6.10. The third-order valence-corrected chi connectivity index (χ3v) is 6.11. The first kappa shape index (κ1) is 25.6. The molecule has 188 valence electrons. The zero-order valence-corrected chi connectivity index (χ0v) is 20.9. The highest BCUT2D eigenvalue weighted by atomic mass is 19.1. The summed E-state index contributed by atoms with van der Waals surface area (Å²) in [7, 11) is 1.60. The molecule has 4 aromatic carbocycles. The van der Waals surface area contributed by atoms with E-state index in [1.807, 2.05) is 85.8 Å². The quantitative estimate of drug-likeness (QED) is 0.305. The summed E-state index contributed by atoms with van der Waals surface area (Å²) in [6, 6.07) is 30.1. The Kier molecular flexibility index (Phi) is 8.31. The molecule has 4 aromatic rings. The first-order valence-electron chi connectivity index (χ1n) is 12.1. The van der Waals surface area contributed by atoms with Crippen molar-refractivity contribution in [2.75, 3.05) is 12.0 Å². The number of rotatable bonds is 9. The highest BCUT2D eigenvalue weighted by molar-refractivity contribution is 6.06. The molecule has 1 atom stereocenters. The van der Waals surface area contributed by atoms with E-state index < -0.39 is 5.82 Å². The van der Waals surface area contributed by atoms with Gasteiger partial charge in [0.2, 0.25) is 5.91 Å². The number of amides is 2. The molecule has 6 heteroatoms. The molecule has 0 aliphatic rings. The molecule has 0 saturated carbocycles. The molecule has 37 heavy (non-hydrogen) atoms. The minimum atomic E-state index is -0.471. The molecule has 1 N–H and O–H groups in total. The van der Waals surface area contributed by atoms with Crippen LogP contribution >= 0.6 is 0 Å². The molecule has 0 bridgehead atoms. The van der Waals surface area contributed by atoms with Gasteiger partial charge >= 0.3 is 0 Å². The Bertz CT molecular complexity index is 1340. The predicted molar refractivity (Wildman–Crippen MR) is 143 cm³/mol. The molecular formula is C31H29FN2O3. The number of ether oxygens (including phenoxy) is 1. The van der Waals surface area contributed by atoms with Crippen LogP contribution in [0.1, 0.15) is 40.0 Å². The second kappa shape index (κ2) is 12.0. The topological polar surface area (TPSA) is 58.6 Å². The number of hydrogen-bond donors (Lipinski definition) is 1. The lowest BCUT2D eigenvalue weighted by Gasteiger charge is -2.24. The molecule has 0 saturated heterocycles. The van der Waals surface area contributed by atoms with E-state index in [1.54, 1.807) is 18.1 Å². The van der Waals surface area contributed by atoms with Crippen molar-refractivity contribution in [1.82, 2.24) is 5.32 Å². The van der Waals surface area contributed by atoms with Crippen molar-refractivity contribution < 1.29 is 18.7 Å². The molecule has 0 fully saturated rings. The highest BCUT2D eigenvalue weighted by Gasteiger charge is 2.19. The molecule has 5 nitrogen and oxygen atoms in total. The van der Waals surface area contributed by atoms with Gasteiger partial charge < -0.3 is 15.0 Å². The van der Waals surface area contributed by atoms with Gasteiger partial charge in [-0.3, -0.25) is 9.59 Å². The fraction of sp³-hybridized carbons (Fsp3) is 0.161. The maximum absolute atomic E-state index is 13.9. The summed E-state index contributed by atoms with van der Waals surface area (Å²) in [6.45, 7) is 2.24. The number of methoxy groups -OCH3 is 1. The van der Waals surface area contributed by atoms with Gasteiger partial charge in [0.15, 0.2) is 0 Å². The lowest BCUT2D eigenvalue weighted by Crippen LogP contribution is -2.30. The van der Waals surface area contributed by atoms with Crippen LogP contribution < -0.4 is 15.0 Å². The third-order valence-electron chi connectivity index (χ3n) is 6.11. The maximum atomic E-state index is 13.9. The zero-order chi connectivity index (χ0) is 26.2. The van der Waals surface area contributed by atoms with Gasteiger partial charge in [0.05, 0.1) is 26.1 Å². The van der Waals surface area contributed by atoms with E-state index in [-0.39, 0.29) is 36.4 Å². The lowest BCUT2D eigenvalue weighted by atomic mass is 10.1. The van der Waals surface area contributed by atoms with Gasteiger partial charge in [-0.2, -0.15) is 0 Å². The number of nitrogens with zero attached hydrogens (tertiary/aromatic N) is 1. The van der Waals surface area contributed by atoms with Crippen LogP contribution in [0.5, 0.6) is 5.75 Å². The number of carbonyl (C=O) groups excluding carboxylic acids is 2. The number of hydrogen-bond acceptors (Lipinski definition) is 3. The number of carbonyl (C=O) groups is 2. The van der Waals surface area contributed by atoms with E-state index in [0.29, 0.717) is 5.69 Å². The molecule has 1 unspecified atom stereocenters. The summed E-state index contributed by atoms with van der Waals surface area (Å²) in [5, 5.41) is 3.02. The molecule has 0 aliphatic heterocycles. The first-order valence-corrected chi connectivity index (χ1v) is 12.1. The van der Waals surface area contributed by atoms with Gasteiger partial charge in [0, 0.05) is 11.3 Å². The molecule has 4 rings (SSSR count). The average Bonchev–Trinajstić information content (AvgIpc) is 2.92. The van der Waals surface area contributed by atoms with Gasteiger partial charge in [-0.25, -0.2) is 4.39 Å². The molecule has 0 aromatic heterocycles. The van der Waals surface area contributed by atoms with Crippen LogP contribution in [-0.4, -0.2) is 18.9 Å². The molecule has 0 radical (unpaired) electrons. The van der Waals surface area contributed by atoms with Gasteiger partial charge in [0.1, 0.15) is 11.6 Å². The molecule has 0 aliphatic carbocycles. The third kappa shape index (κ3) is 6.82. The number of anilines is 1. The Hall–Kier alpha value is -4.45. The molecule has 2 amide bonds. The standard InChI is InChI=1S/C31H29FN2O3/c1-22(25-7-4-3-5-8-25)33-30(35)19-23-11-15-28(16-12-23)34(21-24-13-17-29(37-2)18-14-24)31(36)26-9-6-10-27(32)20-26/h3-18,20,22H,19,21H2,1-2H3,(H,33,35). The molecule has 0 heterocycles. The minimum absolute atomic E-state index is 0.0879. The molecule has 0 spiro atoms. The maximum Gasteiger partial charge on any atom is 0.258 e. The van der Waals surface area contributed by atoms with E-state index in [2.05, 4.69) is 5.32 Å². The summed E-state index contributed by atoms with van der Waals surface area (Å²) in [6.07, 6.45) is 0.216. The van der Waals surface area contributed by atoms with Crippen molar-refractivity contribution in [3.8, 4) is 5.75 Å². The Balaban J connectivity index is 1.51. The second-order valence-electron chi connectivity index (χ2n) is 8.79. The van der Waals surface area contributed by atoms with Crippen molar-refractivity contribution in [3.05, 3.63) is 131 Å². The van der Waals surface area contributed by atoms with Crippen LogP contribution in [0.4, 0.5) is 10.1 Å². The monoisotopic (exact) mass is 496 g/mol. The van der Waals surface area contributed by atoms with Crippen LogP contribution in [0, 0.1) is 5.82 Å². The largest absolute Gasteiger partial charge is 0.497 e. The summed E-state index contributed by atoms with van der Waals surface area (Å²) < 4.78 is 19.1. The minimum Gasteiger partial charge on any atom is -0.497 e. The normalized spacial score (nSPS) is 11.4.